The van der Waals surface area contributed by atoms with Gasteiger partial charge in [-0.05, 0) is 61.4 Å². The number of carbonyl (C=O) groups excluding carboxylic acids is 2. The lowest BCUT2D eigenvalue weighted by molar-refractivity contribution is 0.101. The van der Waals surface area contributed by atoms with E-state index in [0.717, 1.165) is 5.56 Å². The fourth-order valence-electron chi connectivity index (χ4n) is 2.83. The van der Waals surface area contributed by atoms with Crippen LogP contribution in [0.1, 0.15) is 38.8 Å². The van der Waals surface area contributed by atoms with Gasteiger partial charge in [0.15, 0.2) is 5.78 Å². The first-order valence-corrected chi connectivity index (χ1v) is 11.3. The van der Waals surface area contributed by atoms with Crippen molar-refractivity contribution in [2.75, 3.05) is 5.32 Å². The minimum atomic E-state index is -3.73. The summed E-state index contributed by atoms with van der Waals surface area (Å²) in [6.07, 6.45) is 0. The van der Waals surface area contributed by atoms with Crippen LogP contribution in [-0.4, -0.2) is 20.1 Å². The molecule has 0 aliphatic heterocycles. The number of aryl methyl sites for hydroxylation is 1. The van der Waals surface area contributed by atoms with Gasteiger partial charge in [0.25, 0.3) is 5.91 Å². The van der Waals surface area contributed by atoms with Crippen LogP contribution >= 0.6 is 11.6 Å². The van der Waals surface area contributed by atoms with Crippen molar-refractivity contribution in [1.29, 1.82) is 0 Å². The number of benzene rings is 3. The van der Waals surface area contributed by atoms with Crippen LogP contribution in [0.4, 0.5) is 5.69 Å². The van der Waals surface area contributed by atoms with Crippen molar-refractivity contribution in [3.05, 3.63) is 94.0 Å². The Kier molecular flexibility index (Phi) is 6.90. The topological polar surface area (TPSA) is 92.3 Å². The van der Waals surface area contributed by atoms with Gasteiger partial charge in [0.2, 0.25) is 10.0 Å². The second-order valence-corrected chi connectivity index (χ2v) is 9.22. The van der Waals surface area contributed by atoms with Gasteiger partial charge < -0.3 is 5.32 Å². The monoisotopic (exact) mass is 456 g/mol. The van der Waals surface area contributed by atoms with Gasteiger partial charge in [0.05, 0.1) is 4.90 Å². The van der Waals surface area contributed by atoms with E-state index in [1.807, 2.05) is 13.0 Å². The van der Waals surface area contributed by atoms with Crippen LogP contribution in [0, 0.1) is 6.92 Å². The SMILES string of the molecule is CC(=O)c1ccc(S(=O)(=O)NCc2ccc(C(=O)Nc3cc(Cl)ccc3C)cc2)cc1. The largest absolute Gasteiger partial charge is 0.322 e. The standard InChI is InChI=1S/C23H21ClN2O4S/c1-15-3-10-20(24)13-22(15)26-23(28)19-6-4-17(5-7-19)14-25-31(29,30)21-11-8-18(9-12-21)16(2)27/h3-13,25H,14H2,1-2H3,(H,26,28). The highest BCUT2D eigenvalue weighted by atomic mass is 35.5. The lowest BCUT2D eigenvalue weighted by Gasteiger charge is -2.10. The van der Waals surface area contributed by atoms with Gasteiger partial charge in [-0.25, -0.2) is 13.1 Å². The minimum Gasteiger partial charge on any atom is -0.322 e. The summed E-state index contributed by atoms with van der Waals surface area (Å²) in [7, 11) is -3.73. The lowest BCUT2D eigenvalue weighted by Crippen LogP contribution is -2.23. The maximum atomic E-state index is 12.5. The fourth-order valence-corrected chi connectivity index (χ4v) is 4.02. The molecule has 0 saturated carbocycles. The Hall–Kier alpha value is -3.00. The molecule has 6 nitrogen and oxygen atoms in total. The van der Waals surface area contributed by atoms with E-state index in [0.29, 0.717) is 27.4 Å². The quantitative estimate of drug-likeness (QED) is 0.509. The number of hydrogen-bond donors (Lipinski definition) is 2. The Morgan fingerprint density at radius 3 is 2.13 bits per heavy atom. The average Bonchev–Trinajstić information content (AvgIpc) is 2.75. The van der Waals surface area contributed by atoms with Crippen LogP contribution < -0.4 is 10.0 Å². The van der Waals surface area contributed by atoms with E-state index in [1.54, 1.807) is 36.4 Å². The van der Waals surface area contributed by atoms with E-state index < -0.39 is 10.0 Å². The predicted molar refractivity (Wildman–Crippen MR) is 121 cm³/mol. The molecule has 3 aromatic rings. The second kappa shape index (κ2) is 9.43. The summed E-state index contributed by atoms with van der Waals surface area (Å²) >= 11 is 5.98. The summed E-state index contributed by atoms with van der Waals surface area (Å²) in [5.74, 6) is -0.422. The number of sulfonamides is 1. The summed E-state index contributed by atoms with van der Waals surface area (Å²) in [6, 6.07) is 17.6. The first-order chi connectivity index (χ1) is 14.7. The van der Waals surface area contributed by atoms with Crippen LogP contribution in [0.15, 0.2) is 71.6 Å². The predicted octanol–water partition coefficient (Wildman–Crippen LogP) is 4.58. The van der Waals surface area contributed by atoms with Crippen LogP contribution in [0.3, 0.4) is 0 Å². The Bertz CT molecular complexity index is 1220. The maximum Gasteiger partial charge on any atom is 0.255 e. The van der Waals surface area contributed by atoms with E-state index in [4.69, 9.17) is 11.6 Å². The molecule has 0 atom stereocenters. The molecule has 0 fully saturated rings. The van der Waals surface area contributed by atoms with Gasteiger partial charge in [-0.1, -0.05) is 41.9 Å². The van der Waals surface area contributed by atoms with E-state index in [-0.39, 0.29) is 23.1 Å². The van der Waals surface area contributed by atoms with E-state index in [1.165, 1.54) is 31.2 Å². The summed E-state index contributed by atoms with van der Waals surface area (Å²) in [5, 5.41) is 3.35. The van der Waals surface area contributed by atoms with Gasteiger partial charge >= 0.3 is 0 Å². The highest BCUT2D eigenvalue weighted by Gasteiger charge is 2.14. The first-order valence-electron chi connectivity index (χ1n) is 9.43. The number of ketones is 1. The molecular weight excluding hydrogens is 436 g/mol. The van der Waals surface area contributed by atoms with Gasteiger partial charge in [-0.2, -0.15) is 0 Å². The summed E-state index contributed by atoms with van der Waals surface area (Å²) in [5.41, 5.74) is 3.09. The smallest absolute Gasteiger partial charge is 0.255 e. The van der Waals surface area contributed by atoms with Crippen LogP contribution in [-0.2, 0) is 16.6 Å². The number of rotatable bonds is 7. The zero-order valence-corrected chi connectivity index (χ0v) is 18.5. The van der Waals surface area contributed by atoms with Crippen LogP contribution in [0.2, 0.25) is 5.02 Å². The van der Waals surface area contributed by atoms with Gasteiger partial charge in [-0.3, -0.25) is 9.59 Å². The Balaban J connectivity index is 1.64. The van der Waals surface area contributed by atoms with Gasteiger partial charge in [-0.15, -0.1) is 0 Å². The maximum absolute atomic E-state index is 12.5. The molecule has 31 heavy (non-hydrogen) atoms. The molecule has 3 aromatic carbocycles. The van der Waals surface area contributed by atoms with E-state index >= 15 is 0 Å². The van der Waals surface area contributed by atoms with Crippen molar-refractivity contribution < 1.29 is 18.0 Å². The molecule has 0 saturated heterocycles. The van der Waals surface area contributed by atoms with E-state index in [9.17, 15) is 18.0 Å². The van der Waals surface area contributed by atoms with E-state index in [2.05, 4.69) is 10.0 Å². The highest BCUT2D eigenvalue weighted by molar-refractivity contribution is 7.89. The number of carbonyl (C=O) groups is 2. The third-order valence-electron chi connectivity index (χ3n) is 4.70. The van der Waals surface area contributed by atoms with Crippen molar-refractivity contribution in [2.45, 2.75) is 25.3 Å². The number of hydrogen-bond acceptors (Lipinski definition) is 4. The first kappa shape index (κ1) is 22.7. The zero-order valence-electron chi connectivity index (χ0n) is 17.0. The Morgan fingerprint density at radius 2 is 1.52 bits per heavy atom. The molecule has 3 rings (SSSR count). The number of nitrogens with one attached hydrogen (secondary N) is 2. The van der Waals surface area contributed by atoms with Gasteiger partial charge in [0, 0.05) is 28.4 Å². The lowest BCUT2D eigenvalue weighted by atomic mass is 10.1. The Labute approximate surface area is 186 Å². The van der Waals surface area contributed by atoms with Crippen LogP contribution in [0.5, 0.6) is 0 Å². The molecule has 0 unspecified atom stereocenters. The van der Waals surface area contributed by atoms with Crippen molar-refractivity contribution in [2.24, 2.45) is 0 Å². The molecular formula is C23H21ClN2O4S. The second-order valence-electron chi connectivity index (χ2n) is 7.02. The fraction of sp³-hybridized carbons (Fsp3) is 0.130. The number of amides is 1. The highest BCUT2D eigenvalue weighted by Crippen LogP contribution is 2.21. The third kappa shape index (κ3) is 5.79. The normalized spacial score (nSPS) is 11.2. The molecule has 160 valence electrons. The molecule has 2 N–H and O–H groups in total. The summed E-state index contributed by atoms with van der Waals surface area (Å²) in [6.45, 7) is 3.35. The summed E-state index contributed by atoms with van der Waals surface area (Å²) in [4.78, 5) is 23.9. The molecule has 0 aromatic heterocycles. The van der Waals surface area contributed by atoms with Crippen molar-refractivity contribution in [1.82, 2.24) is 4.72 Å². The Morgan fingerprint density at radius 1 is 0.903 bits per heavy atom. The van der Waals surface area contributed by atoms with Crippen molar-refractivity contribution >= 4 is 39.0 Å². The molecule has 0 aliphatic rings. The number of anilines is 1. The summed E-state index contributed by atoms with van der Waals surface area (Å²) < 4.78 is 27.4. The van der Waals surface area contributed by atoms with Crippen molar-refractivity contribution in [3.8, 4) is 0 Å². The number of halogens is 1. The van der Waals surface area contributed by atoms with Crippen molar-refractivity contribution in [3.63, 3.8) is 0 Å². The third-order valence-corrected chi connectivity index (χ3v) is 6.35. The molecule has 0 heterocycles. The molecule has 0 bridgehead atoms. The molecule has 1 amide bonds. The average molecular weight is 457 g/mol. The zero-order chi connectivity index (χ0) is 22.6. The van der Waals surface area contributed by atoms with Crippen LogP contribution in [0.25, 0.3) is 0 Å². The molecule has 0 radical (unpaired) electrons. The van der Waals surface area contributed by atoms with Gasteiger partial charge in [0.1, 0.15) is 0 Å². The number of Topliss-reactive ketones (excluding diaryl/α,β-unsaturated/α-hetero) is 1. The molecule has 0 aliphatic carbocycles. The molecule has 0 spiro atoms. The minimum absolute atomic E-state index is 0.0616. The molecule has 8 heteroatoms.